The number of aromatic nitrogens is 2. The summed E-state index contributed by atoms with van der Waals surface area (Å²) in [5, 5.41) is 13.6. The zero-order chi connectivity index (χ0) is 11.5. The number of nitrogens with zero attached hydrogens (tertiary/aromatic N) is 2. The Hall–Kier alpha value is -1.35. The molecule has 0 saturated heterocycles. The fourth-order valence-electron chi connectivity index (χ4n) is 0.596. The molecule has 0 aliphatic heterocycles. The Balaban J connectivity index is 2.68. The van der Waals surface area contributed by atoms with Gasteiger partial charge in [0.1, 0.15) is 0 Å². The predicted molar refractivity (Wildman–Crippen MR) is 43.9 cm³/mol. The molecule has 0 fully saturated rings. The highest BCUT2D eigenvalue weighted by atomic mass is 32.1. The number of ether oxygens (including phenoxy) is 2. The lowest BCUT2D eigenvalue weighted by Crippen LogP contribution is -2.15. The van der Waals surface area contributed by atoms with Gasteiger partial charge in [-0.3, -0.25) is 0 Å². The van der Waals surface area contributed by atoms with E-state index in [1.54, 1.807) is 0 Å². The molecule has 0 atom stereocenters. The maximum Gasteiger partial charge on any atom is 0.411 e. The molecule has 1 aromatic heterocycles. The van der Waals surface area contributed by atoms with E-state index < -0.39 is 23.7 Å². The van der Waals surface area contributed by atoms with Gasteiger partial charge in [0.15, 0.2) is 6.61 Å². The molecular weight excluding hydrogens is 234 g/mol. The first kappa shape index (κ1) is 11.7. The van der Waals surface area contributed by atoms with Crippen LogP contribution in [0.15, 0.2) is 0 Å². The van der Waals surface area contributed by atoms with Crippen LogP contribution in [-0.2, 0) is 15.6 Å². The number of carboxylic acid groups (broad SMARTS) is 1. The Bertz CT molecular complexity index is 357. The number of hydrogen-bond donors (Lipinski definition) is 1. The van der Waals surface area contributed by atoms with Crippen molar-refractivity contribution < 1.29 is 28.2 Å². The summed E-state index contributed by atoms with van der Waals surface area (Å²) in [6.45, 7) is -0.660. The van der Waals surface area contributed by atoms with Crippen LogP contribution in [0.2, 0.25) is 0 Å². The molecule has 0 aliphatic carbocycles. The first-order valence-corrected chi connectivity index (χ1v) is 4.39. The topological polar surface area (TPSA) is 81.5 Å². The van der Waals surface area contributed by atoms with Crippen molar-refractivity contribution in [2.24, 2.45) is 0 Å². The van der Waals surface area contributed by atoms with Crippen LogP contribution in [0, 0.1) is 0 Å². The molecular formula is C6H6F2N2O4S. The van der Waals surface area contributed by atoms with Gasteiger partial charge >= 0.3 is 12.1 Å². The van der Waals surface area contributed by atoms with E-state index in [1.165, 1.54) is 0 Å². The number of carbonyl (C=O) groups is 1. The van der Waals surface area contributed by atoms with Gasteiger partial charge < -0.3 is 14.6 Å². The van der Waals surface area contributed by atoms with Crippen LogP contribution in [-0.4, -0.2) is 35.0 Å². The number of methoxy groups -OCH3 is 1. The SMILES string of the molecule is COC(F)(F)c1nnc(OCC(=O)O)s1. The molecule has 1 rings (SSSR count). The highest BCUT2D eigenvalue weighted by Crippen LogP contribution is 2.33. The van der Waals surface area contributed by atoms with E-state index in [4.69, 9.17) is 5.11 Å². The standard InChI is InChI=1S/C6H6F2N2O4S/c1-13-6(7,8)4-9-10-5(15-4)14-2-3(11)12/h2H2,1H3,(H,11,12). The molecule has 1 aromatic rings. The third-order valence-electron chi connectivity index (χ3n) is 1.23. The summed E-state index contributed by atoms with van der Waals surface area (Å²) in [6, 6.07) is 0. The summed E-state index contributed by atoms with van der Waals surface area (Å²) in [5.41, 5.74) is 0. The number of aliphatic carboxylic acids is 1. The lowest BCUT2D eigenvalue weighted by molar-refractivity contribution is -0.231. The largest absolute Gasteiger partial charge is 0.479 e. The van der Waals surface area contributed by atoms with E-state index in [0.29, 0.717) is 11.3 Å². The summed E-state index contributed by atoms with van der Waals surface area (Å²) >= 11 is 0.424. The first-order valence-electron chi connectivity index (χ1n) is 3.57. The van der Waals surface area contributed by atoms with E-state index in [-0.39, 0.29) is 5.19 Å². The lowest BCUT2D eigenvalue weighted by atomic mass is 10.7. The summed E-state index contributed by atoms with van der Waals surface area (Å²) in [7, 11) is 0.819. The molecule has 0 spiro atoms. The third-order valence-corrected chi connectivity index (χ3v) is 2.12. The van der Waals surface area contributed by atoms with Crippen molar-refractivity contribution in [1.82, 2.24) is 10.2 Å². The molecule has 84 valence electrons. The third kappa shape index (κ3) is 3.06. The first-order chi connectivity index (χ1) is 6.95. The minimum Gasteiger partial charge on any atom is -0.479 e. The van der Waals surface area contributed by atoms with Crippen molar-refractivity contribution in [2.45, 2.75) is 6.11 Å². The minimum absolute atomic E-state index is 0.246. The molecule has 0 unspecified atom stereocenters. The van der Waals surface area contributed by atoms with Gasteiger partial charge in [0.25, 0.3) is 5.19 Å². The number of carboxylic acids is 1. The maximum absolute atomic E-state index is 12.8. The zero-order valence-electron chi connectivity index (χ0n) is 7.44. The smallest absolute Gasteiger partial charge is 0.411 e. The molecule has 0 aromatic carbocycles. The van der Waals surface area contributed by atoms with Crippen molar-refractivity contribution in [3.63, 3.8) is 0 Å². The number of halogens is 2. The number of rotatable bonds is 5. The average molecular weight is 240 g/mol. The molecule has 1 N–H and O–H groups in total. The Morgan fingerprint density at radius 1 is 1.60 bits per heavy atom. The average Bonchev–Trinajstić information content (AvgIpc) is 2.63. The van der Waals surface area contributed by atoms with Crippen LogP contribution in [0.3, 0.4) is 0 Å². The second-order valence-corrected chi connectivity index (χ2v) is 3.22. The Morgan fingerprint density at radius 2 is 2.27 bits per heavy atom. The zero-order valence-corrected chi connectivity index (χ0v) is 8.25. The molecule has 0 saturated carbocycles. The van der Waals surface area contributed by atoms with Crippen LogP contribution in [0.1, 0.15) is 5.01 Å². The van der Waals surface area contributed by atoms with Crippen molar-refractivity contribution >= 4 is 17.3 Å². The van der Waals surface area contributed by atoms with Crippen LogP contribution >= 0.6 is 11.3 Å². The molecule has 0 bridgehead atoms. The van der Waals surface area contributed by atoms with Crippen LogP contribution in [0.5, 0.6) is 5.19 Å². The fourth-order valence-corrected chi connectivity index (χ4v) is 1.25. The van der Waals surface area contributed by atoms with Crippen molar-refractivity contribution in [3.8, 4) is 5.19 Å². The molecule has 0 aliphatic rings. The van der Waals surface area contributed by atoms with Crippen molar-refractivity contribution in [3.05, 3.63) is 5.01 Å². The van der Waals surface area contributed by atoms with Gasteiger partial charge in [-0.15, -0.1) is 5.10 Å². The molecule has 0 amide bonds. The molecule has 15 heavy (non-hydrogen) atoms. The van der Waals surface area contributed by atoms with Gasteiger partial charge in [-0.05, 0) is 0 Å². The van der Waals surface area contributed by atoms with Gasteiger partial charge in [-0.2, -0.15) is 8.78 Å². The van der Waals surface area contributed by atoms with Gasteiger partial charge in [-0.25, -0.2) is 4.79 Å². The highest BCUT2D eigenvalue weighted by Gasteiger charge is 2.36. The lowest BCUT2D eigenvalue weighted by Gasteiger charge is -2.07. The summed E-state index contributed by atoms with van der Waals surface area (Å²) in [5.74, 6) is -1.23. The van der Waals surface area contributed by atoms with E-state index >= 15 is 0 Å². The highest BCUT2D eigenvalue weighted by molar-refractivity contribution is 7.13. The van der Waals surface area contributed by atoms with Gasteiger partial charge in [0, 0.05) is 7.11 Å². The molecule has 9 heteroatoms. The second-order valence-electron chi connectivity index (χ2n) is 2.28. The molecule has 0 radical (unpaired) electrons. The monoisotopic (exact) mass is 240 g/mol. The fraction of sp³-hybridized carbons (Fsp3) is 0.500. The summed E-state index contributed by atoms with van der Waals surface area (Å²) in [6.07, 6.45) is -3.54. The normalized spacial score (nSPS) is 11.4. The Kier molecular flexibility index (Phi) is 3.48. The molecule has 6 nitrogen and oxygen atoms in total. The van der Waals surface area contributed by atoms with E-state index in [9.17, 15) is 13.6 Å². The van der Waals surface area contributed by atoms with Crippen LogP contribution in [0.4, 0.5) is 8.78 Å². The summed E-state index contributed by atoms with van der Waals surface area (Å²) < 4.78 is 34.0. The maximum atomic E-state index is 12.8. The van der Waals surface area contributed by atoms with Gasteiger partial charge in [0.2, 0.25) is 5.01 Å². The minimum atomic E-state index is -3.54. The number of hydrogen-bond acceptors (Lipinski definition) is 6. The Labute approximate surface area is 86.5 Å². The van der Waals surface area contributed by atoms with Gasteiger partial charge in [0.05, 0.1) is 0 Å². The van der Waals surface area contributed by atoms with E-state index in [1.807, 2.05) is 0 Å². The molecule has 1 heterocycles. The van der Waals surface area contributed by atoms with E-state index in [2.05, 4.69) is 19.7 Å². The van der Waals surface area contributed by atoms with Gasteiger partial charge in [-0.1, -0.05) is 16.4 Å². The van der Waals surface area contributed by atoms with Crippen molar-refractivity contribution in [1.29, 1.82) is 0 Å². The van der Waals surface area contributed by atoms with E-state index in [0.717, 1.165) is 7.11 Å². The predicted octanol–water partition coefficient (Wildman–Crippen LogP) is 0.697. The number of alkyl halides is 2. The second kappa shape index (κ2) is 4.45. The Morgan fingerprint density at radius 3 is 2.80 bits per heavy atom. The van der Waals surface area contributed by atoms with Crippen LogP contribution in [0.25, 0.3) is 0 Å². The van der Waals surface area contributed by atoms with Crippen LogP contribution < -0.4 is 4.74 Å². The quantitative estimate of drug-likeness (QED) is 0.815. The van der Waals surface area contributed by atoms with Crippen molar-refractivity contribution in [2.75, 3.05) is 13.7 Å². The summed E-state index contributed by atoms with van der Waals surface area (Å²) in [4.78, 5) is 10.1.